The van der Waals surface area contributed by atoms with Crippen LogP contribution in [0.25, 0.3) is 0 Å². The van der Waals surface area contributed by atoms with Gasteiger partial charge in [-0.2, -0.15) is 0 Å². The third-order valence-corrected chi connectivity index (χ3v) is 3.44. The Hall–Kier alpha value is -1.10. The molecule has 4 heteroatoms. The molecular formula is C14H22N2O2. The van der Waals surface area contributed by atoms with Crippen LogP contribution in [0, 0.1) is 0 Å². The Morgan fingerprint density at radius 2 is 2.28 bits per heavy atom. The molecule has 3 atom stereocenters. The lowest BCUT2D eigenvalue weighted by molar-refractivity contribution is -0.0619. The molecule has 3 N–H and O–H groups in total. The van der Waals surface area contributed by atoms with Crippen LogP contribution in [0.2, 0.25) is 0 Å². The van der Waals surface area contributed by atoms with Crippen molar-refractivity contribution in [1.29, 1.82) is 0 Å². The van der Waals surface area contributed by atoms with Crippen LogP contribution in [-0.2, 0) is 4.74 Å². The second kappa shape index (κ2) is 5.69. The molecule has 100 valence electrons. The summed E-state index contributed by atoms with van der Waals surface area (Å²) in [7, 11) is 0. The maximum absolute atomic E-state index is 10.3. The molecule has 1 aromatic carbocycles. The van der Waals surface area contributed by atoms with Crippen molar-refractivity contribution in [2.24, 2.45) is 0 Å². The second-order valence-corrected chi connectivity index (χ2v) is 5.13. The fourth-order valence-electron chi connectivity index (χ4n) is 2.32. The lowest BCUT2D eigenvalue weighted by atomic mass is 10.1. The van der Waals surface area contributed by atoms with Gasteiger partial charge in [0.25, 0.3) is 0 Å². The minimum absolute atomic E-state index is 0.231. The molecule has 0 aromatic heterocycles. The first-order valence-electron chi connectivity index (χ1n) is 6.45. The van der Waals surface area contributed by atoms with Gasteiger partial charge >= 0.3 is 0 Å². The summed E-state index contributed by atoms with van der Waals surface area (Å²) in [4.78, 5) is 2.27. The first kappa shape index (κ1) is 13.3. The number of anilines is 1. The molecule has 0 bridgehead atoms. The summed E-state index contributed by atoms with van der Waals surface area (Å²) in [5, 5.41) is 10.3. The van der Waals surface area contributed by atoms with E-state index in [0.29, 0.717) is 18.3 Å². The summed E-state index contributed by atoms with van der Waals surface area (Å²) in [6, 6.07) is 7.79. The third kappa shape index (κ3) is 3.22. The Kier molecular flexibility index (Phi) is 4.22. The van der Waals surface area contributed by atoms with Crippen molar-refractivity contribution in [3.63, 3.8) is 0 Å². The number of nitrogens with zero attached hydrogens (tertiary/aromatic N) is 1. The maximum Gasteiger partial charge on any atom is 0.0917 e. The van der Waals surface area contributed by atoms with Gasteiger partial charge in [-0.05, 0) is 31.5 Å². The van der Waals surface area contributed by atoms with Crippen LogP contribution in [0.15, 0.2) is 24.3 Å². The molecule has 0 radical (unpaired) electrons. The molecule has 4 nitrogen and oxygen atoms in total. The quantitative estimate of drug-likeness (QED) is 0.796. The molecule has 1 aromatic rings. The molecule has 0 spiro atoms. The van der Waals surface area contributed by atoms with Gasteiger partial charge in [-0.3, -0.25) is 4.90 Å². The molecule has 18 heavy (non-hydrogen) atoms. The highest BCUT2D eigenvalue weighted by molar-refractivity contribution is 5.41. The van der Waals surface area contributed by atoms with Crippen LogP contribution < -0.4 is 5.73 Å². The third-order valence-electron chi connectivity index (χ3n) is 3.44. The largest absolute Gasteiger partial charge is 0.399 e. The Bertz CT molecular complexity index is 397. The first-order valence-corrected chi connectivity index (χ1v) is 6.45. The second-order valence-electron chi connectivity index (χ2n) is 5.13. The molecule has 1 saturated heterocycles. The number of β-amino-alcohol motifs (C(OH)–C–C–N with tert-alkyl or cyclic N) is 1. The Labute approximate surface area is 108 Å². The zero-order valence-corrected chi connectivity index (χ0v) is 11.0. The molecular weight excluding hydrogens is 228 g/mol. The van der Waals surface area contributed by atoms with E-state index >= 15 is 0 Å². The fraction of sp³-hybridized carbons (Fsp3) is 0.571. The van der Waals surface area contributed by atoms with Crippen molar-refractivity contribution in [3.8, 4) is 0 Å². The predicted molar refractivity (Wildman–Crippen MR) is 72.3 cm³/mol. The number of rotatable bonds is 3. The van der Waals surface area contributed by atoms with Crippen molar-refractivity contribution in [2.45, 2.75) is 32.1 Å². The number of hydrogen-bond acceptors (Lipinski definition) is 4. The van der Waals surface area contributed by atoms with Gasteiger partial charge in [0, 0.05) is 24.8 Å². The fourth-order valence-corrected chi connectivity index (χ4v) is 2.32. The van der Waals surface area contributed by atoms with Crippen LogP contribution in [0.1, 0.15) is 25.5 Å². The Morgan fingerprint density at radius 3 is 3.00 bits per heavy atom. The van der Waals surface area contributed by atoms with E-state index in [1.54, 1.807) is 0 Å². The van der Waals surface area contributed by atoms with E-state index in [0.717, 1.165) is 18.7 Å². The minimum atomic E-state index is -0.499. The standard InChI is InChI=1S/C14H22N2O2/c1-10-9-18-11(2)7-16(10)8-14(17)12-4-3-5-13(15)6-12/h3-6,10-11,14,17H,7-9,15H2,1-2H3. The highest BCUT2D eigenvalue weighted by Crippen LogP contribution is 2.20. The Morgan fingerprint density at radius 1 is 1.50 bits per heavy atom. The minimum Gasteiger partial charge on any atom is -0.399 e. The number of aliphatic hydroxyl groups excluding tert-OH is 1. The van der Waals surface area contributed by atoms with Gasteiger partial charge in [-0.1, -0.05) is 12.1 Å². The summed E-state index contributed by atoms with van der Waals surface area (Å²) in [5.41, 5.74) is 7.30. The first-order chi connectivity index (χ1) is 8.56. The molecule has 1 fully saturated rings. The van der Waals surface area contributed by atoms with Crippen molar-refractivity contribution in [1.82, 2.24) is 4.90 Å². The number of aliphatic hydroxyl groups is 1. The molecule has 1 aliphatic rings. The smallest absolute Gasteiger partial charge is 0.0917 e. The summed E-state index contributed by atoms with van der Waals surface area (Å²) >= 11 is 0. The zero-order chi connectivity index (χ0) is 13.1. The zero-order valence-electron chi connectivity index (χ0n) is 11.0. The molecule has 3 unspecified atom stereocenters. The van der Waals surface area contributed by atoms with Crippen LogP contribution in [0.5, 0.6) is 0 Å². The van der Waals surface area contributed by atoms with E-state index < -0.39 is 6.10 Å². The van der Waals surface area contributed by atoms with E-state index in [1.807, 2.05) is 24.3 Å². The number of nitrogens with two attached hydrogens (primary N) is 1. The van der Waals surface area contributed by atoms with Gasteiger partial charge in [0.2, 0.25) is 0 Å². The molecule has 0 aliphatic carbocycles. The van der Waals surface area contributed by atoms with E-state index in [4.69, 9.17) is 10.5 Å². The topological polar surface area (TPSA) is 58.7 Å². The molecule has 1 aliphatic heterocycles. The van der Waals surface area contributed by atoms with Crippen molar-refractivity contribution >= 4 is 5.69 Å². The molecule has 1 heterocycles. The lowest BCUT2D eigenvalue weighted by Crippen LogP contribution is -2.48. The summed E-state index contributed by atoms with van der Waals surface area (Å²) in [6.07, 6.45) is -0.268. The number of hydrogen-bond donors (Lipinski definition) is 2. The van der Waals surface area contributed by atoms with E-state index in [9.17, 15) is 5.11 Å². The number of morpholine rings is 1. The highest BCUT2D eigenvalue weighted by Gasteiger charge is 2.25. The van der Waals surface area contributed by atoms with Gasteiger partial charge in [-0.25, -0.2) is 0 Å². The lowest BCUT2D eigenvalue weighted by Gasteiger charge is -2.37. The van der Waals surface area contributed by atoms with E-state index in [2.05, 4.69) is 18.7 Å². The van der Waals surface area contributed by atoms with Crippen LogP contribution in [0.4, 0.5) is 5.69 Å². The number of nitrogen functional groups attached to an aromatic ring is 1. The van der Waals surface area contributed by atoms with Gasteiger partial charge in [0.1, 0.15) is 0 Å². The number of benzene rings is 1. The SMILES string of the molecule is CC1CN(CC(O)c2cccc(N)c2)C(C)CO1. The van der Waals surface area contributed by atoms with Crippen molar-refractivity contribution in [3.05, 3.63) is 29.8 Å². The van der Waals surface area contributed by atoms with Crippen molar-refractivity contribution in [2.75, 3.05) is 25.4 Å². The van der Waals surface area contributed by atoms with E-state index in [-0.39, 0.29) is 6.10 Å². The van der Waals surface area contributed by atoms with Gasteiger partial charge in [0.05, 0.1) is 18.8 Å². The number of ether oxygens (including phenoxy) is 1. The highest BCUT2D eigenvalue weighted by atomic mass is 16.5. The summed E-state index contributed by atoms with van der Waals surface area (Å²) in [6.45, 7) is 6.40. The Balaban J connectivity index is 2.00. The summed E-state index contributed by atoms with van der Waals surface area (Å²) in [5.74, 6) is 0. The van der Waals surface area contributed by atoms with Gasteiger partial charge < -0.3 is 15.6 Å². The monoisotopic (exact) mass is 250 g/mol. The van der Waals surface area contributed by atoms with E-state index in [1.165, 1.54) is 0 Å². The molecule has 0 saturated carbocycles. The summed E-state index contributed by atoms with van der Waals surface area (Å²) < 4.78 is 5.58. The van der Waals surface area contributed by atoms with Gasteiger partial charge in [-0.15, -0.1) is 0 Å². The maximum atomic E-state index is 10.3. The van der Waals surface area contributed by atoms with Crippen LogP contribution in [0.3, 0.4) is 0 Å². The van der Waals surface area contributed by atoms with Crippen LogP contribution in [-0.4, -0.2) is 41.8 Å². The normalized spacial score (nSPS) is 27.1. The van der Waals surface area contributed by atoms with Gasteiger partial charge in [0.15, 0.2) is 0 Å². The predicted octanol–water partition coefficient (Wildman–Crippen LogP) is 1.41. The average Bonchev–Trinajstić information content (AvgIpc) is 2.34. The molecule has 0 amide bonds. The van der Waals surface area contributed by atoms with Crippen LogP contribution >= 0.6 is 0 Å². The average molecular weight is 250 g/mol. The van der Waals surface area contributed by atoms with Crippen molar-refractivity contribution < 1.29 is 9.84 Å². The molecule has 2 rings (SSSR count).